The van der Waals surface area contributed by atoms with E-state index in [2.05, 4.69) is 10.6 Å². The van der Waals surface area contributed by atoms with Crippen molar-refractivity contribution in [3.63, 3.8) is 0 Å². The number of halogens is 1. The number of nitrogens with one attached hydrogen (secondary N) is 2. The summed E-state index contributed by atoms with van der Waals surface area (Å²) in [6, 6.07) is 6.18. The van der Waals surface area contributed by atoms with Crippen LogP contribution in [0.15, 0.2) is 24.3 Å². The number of nitro benzene ring substituents is 1. The minimum Gasteiger partial charge on any atom is -0.495 e. The number of aryl methyl sites for hydroxylation is 2. The zero-order valence-electron chi connectivity index (χ0n) is 15.4. The van der Waals surface area contributed by atoms with Crippen molar-refractivity contribution in [2.75, 3.05) is 31.4 Å². The lowest BCUT2D eigenvalue weighted by atomic mass is 10.1. The Labute approximate surface area is 161 Å². The lowest BCUT2D eigenvalue weighted by molar-refractivity contribution is -0.384. The van der Waals surface area contributed by atoms with Crippen LogP contribution in [0.25, 0.3) is 0 Å². The first-order valence-corrected chi connectivity index (χ1v) is 8.35. The van der Waals surface area contributed by atoms with Crippen LogP contribution in [0.3, 0.4) is 0 Å². The summed E-state index contributed by atoms with van der Waals surface area (Å²) in [5.41, 5.74) is 2.11. The molecule has 144 valence electrons. The van der Waals surface area contributed by atoms with E-state index in [1.54, 1.807) is 25.1 Å². The Morgan fingerprint density at radius 2 is 1.70 bits per heavy atom. The number of methoxy groups -OCH3 is 2. The van der Waals surface area contributed by atoms with Crippen molar-refractivity contribution >= 4 is 34.6 Å². The highest BCUT2D eigenvalue weighted by Gasteiger charge is 2.18. The molecule has 2 N–H and O–H groups in total. The molecule has 0 aromatic heterocycles. The normalized spacial score (nSPS) is 10.3. The van der Waals surface area contributed by atoms with Crippen molar-refractivity contribution in [3.05, 3.63) is 50.5 Å². The molecule has 0 saturated carbocycles. The van der Waals surface area contributed by atoms with E-state index in [1.807, 2.05) is 6.92 Å². The van der Waals surface area contributed by atoms with Gasteiger partial charge in [-0.1, -0.05) is 11.6 Å². The molecule has 1 amide bonds. The number of benzene rings is 2. The van der Waals surface area contributed by atoms with Crippen LogP contribution in [0, 0.1) is 24.0 Å². The SMILES string of the molecule is COc1cc(NCC(=O)Nc2cc(C)c(C)cc2[N+](=O)[O-])c(OC)cc1Cl. The van der Waals surface area contributed by atoms with Gasteiger partial charge in [-0.05, 0) is 31.0 Å². The number of ether oxygens (including phenoxy) is 2. The van der Waals surface area contributed by atoms with Crippen LogP contribution in [-0.2, 0) is 4.79 Å². The Morgan fingerprint density at radius 3 is 2.30 bits per heavy atom. The Bertz CT molecular complexity index is 886. The standard InChI is InChI=1S/C18H20ClN3O5/c1-10-5-13(15(22(24)25)6-11(10)2)21-18(23)9-20-14-8-16(26-3)12(19)7-17(14)27-4/h5-8,20H,9H2,1-4H3,(H,21,23). The zero-order valence-corrected chi connectivity index (χ0v) is 16.1. The molecule has 9 heteroatoms. The van der Waals surface area contributed by atoms with E-state index in [0.717, 1.165) is 11.1 Å². The molecule has 0 heterocycles. The van der Waals surface area contributed by atoms with Crippen LogP contribution in [0.5, 0.6) is 11.5 Å². The number of nitrogens with zero attached hydrogens (tertiary/aromatic N) is 1. The maximum Gasteiger partial charge on any atom is 0.293 e. The molecule has 0 aliphatic rings. The molecule has 0 fully saturated rings. The van der Waals surface area contributed by atoms with Crippen LogP contribution in [0.2, 0.25) is 5.02 Å². The molecule has 27 heavy (non-hydrogen) atoms. The largest absolute Gasteiger partial charge is 0.495 e. The summed E-state index contributed by atoms with van der Waals surface area (Å²) in [4.78, 5) is 23.0. The van der Waals surface area contributed by atoms with Gasteiger partial charge in [0.15, 0.2) is 0 Å². The highest BCUT2D eigenvalue weighted by molar-refractivity contribution is 6.32. The summed E-state index contributed by atoms with van der Waals surface area (Å²) < 4.78 is 10.4. The van der Waals surface area contributed by atoms with E-state index in [9.17, 15) is 14.9 Å². The first kappa shape index (κ1) is 20.3. The molecule has 0 spiro atoms. The van der Waals surface area contributed by atoms with Gasteiger partial charge in [0.25, 0.3) is 5.69 Å². The maximum absolute atomic E-state index is 12.3. The fourth-order valence-corrected chi connectivity index (χ4v) is 2.65. The highest BCUT2D eigenvalue weighted by atomic mass is 35.5. The van der Waals surface area contributed by atoms with Gasteiger partial charge in [0.2, 0.25) is 5.91 Å². The fourth-order valence-electron chi connectivity index (χ4n) is 2.42. The van der Waals surface area contributed by atoms with E-state index in [-0.39, 0.29) is 17.9 Å². The average Bonchev–Trinajstić information content (AvgIpc) is 2.62. The molecule has 8 nitrogen and oxygen atoms in total. The number of carbonyl (C=O) groups excluding carboxylic acids is 1. The number of rotatable bonds is 7. The van der Waals surface area contributed by atoms with Gasteiger partial charge in [0, 0.05) is 18.2 Å². The van der Waals surface area contributed by atoms with Gasteiger partial charge in [0.05, 0.1) is 36.4 Å². The number of hydrogen-bond acceptors (Lipinski definition) is 6. The summed E-state index contributed by atoms with van der Waals surface area (Å²) in [6.07, 6.45) is 0. The number of carbonyl (C=O) groups is 1. The third kappa shape index (κ3) is 4.79. The predicted molar refractivity (Wildman–Crippen MR) is 104 cm³/mol. The van der Waals surface area contributed by atoms with Crippen molar-refractivity contribution in [2.45, 2.75) is 13.8 Å². The highest BCUT2D eigenvalue weighted by Crippen LogP contribution is 2.35. The lowest BCUT2D eigenvalue weighted by Crippen LogP contribution is -2.22. The Balaban J connectivity index is 2.16. The van der Waals surface area contributed by atoms with E-state index in [4.69, 9.17) is 21.1 Å². The second-order valence-corrected chi connectivity index (χ2v) is 6.21. The van der Waals surface area contributed by atoms with Crippen molar-refractivity contribution in [1.82, 2.24) is 0 Å². The predicted octanol–water partition coefficient (Wildman–Crippen LogP) is 3.93. The van der Waals surface area contributed by atoms with Crippen LogP contribution in [-0.4, -0.2) is 31.6 Å². The summed E-state index contributed by atoms with van der Waals surface area (Å²) in [5, 5.41) is 17.1. The van der Waals surface area contributed by atoms with E-state index < -0.39 is 10.8 Å². The van der Waals surface area contributed by atoms with Gasteiger partial charge in [-0.25, -0.2) is 0 Å². The molecule has 0 bridgehead atoms. The van der Waals surface area contributed by atoms with E-state index >= 15 is 0 Å². The van der Waals surface area contributed by atoms with E-state index in [1.165, 1.54) is 20.3 Å². The molecule has 2 aromatic rings. The topological polar surface area (TPSA) is 103 Å². The first-order valence-electron chi connectivity index (χ1n) is 7.97. The molecule has 2 aromatic carbocycles. The van der Waals surface area contributed by atoms with Crippen LogP contribution in [0.4, 0.5) is 17.1 Å². The van der Waals surface area contributed by atoms with Crippen molar-refractivity contribution in [1.29, 1.82) is 0 Å². The molecular formula is C18H20ClN3O5. The third-order valence-corrected chi connectivity index (χ3v) is 4.29. The van der Waals surface area contributed by atoms with Crippen LogP contribution in [0.1, 0.15) is 11.1 Å². The lowest BCUT2D eigenvalue weighted by Gasteiger charge is -2.14. The van der Waals surface area contributed by atoms with Gasteiger partial charge < -0.3 is 20.1 Å². The smallest absolute Gasteiger partial charge is 0.293 e. The van der Waals surface area contributed by atoms with Gasteiger partial charge in [0.1, 0.15) is 17.2 Å². The Kier molecular flexibility index (Phi) is 6.46. The summed E-state index contributed by atoms with van der Waals surface area (Å²) in [5.74, 6) is 0.410. The average molecular weight is 394 g/mol. The van der Waals surface area contributed by atoms with E-state index in [0.29, 0.717) is 22.2 Å². The van der Waals surface area contributed by atoms with Crippen molar-refractivity contribution in [3.8, 4) is 11.5 Å². The monoisotopic (exact) mass is 393 g/mol. The molecule has 2 rings (SSSR count). The van der Waals surface area contributed by atoms with Gasteiger partial charge >= 0.3 is 0 Å². The molecule has 0 radical (unpaired) electrons. The Hall–Kier alpha value is -3.00. The van der Waals surface area contributed by atoms with Gasteiger partial charge in [-0.3, -0.25) is 14.9 Å². The van der Waals surface area contributed by atoms with Crippen molar-refractivity contribution < 1.29 is 19.2 Å². The summed E-state index contributed by atoms with van der Waals surface area (Å²) in [6.45, 7) is 3.46. The maximum atomic E-state index is 12.3. The number of anilines is 2. The number of amides is 1. The molecule has 0 aliphatic carbocycles. The summed E-state index contributed by atoms with van der Waals surface area (Å²) >= 11 is 6.05. The van der Waals surface area contributed by atoms with Crippen molar-refractivity contribution in [2.24, 2.45) is 0 Å². The Morgan fingerprint density at radius 1 is 1.07 bits per heavy atom. The van der Waals surface area contributed by atoms with Gasteiger partial charge in [-0.15, -0.1) is 0 Å². The number of hydrogen-bond donors (Lipinski definition) is 2. The second kappa shape index (κ2) is 8.59. The molecule has 0 saturated heterocycles. The minimum atomic E-state index is -0.525. The first-order chi connectivity index (χ1) is 12.8. The van der Waals surface area contributed by atoms with Gasteiger partial charge in [-0.2, -0.15) is 0 Å². The minimum absolute atomic E-state index is 0.134. The quantitative estimate of drug-likeness (QED) is 0.545. The summed E-state index contributed by atoms with van der Waals surface area (Å²) in [7, 11) is 2.95. The molecule has 0 aliphatic heterocycles. The number of nitro groups is 1. The molecule has 0 unspecified atom stereocenters. The van der Waals surface area contributed by atoms with Crippen LogP contribution >= 0.6 is 11.6 Å². The third-order valence-electron chi connectivity index (χ3n) is 4.00. The second-order valence-electron chi connectivity index (χ2n) is 5.80. The van der Waals surface area contributed by atoms with Crippen LogP contribution < -0.4 is 20.1 Å². The fraction of sp³-hybridized carbons (Fsp3) is 0.278. The molecular weight excluding hydrogens is 374 g/mol. The molecule has 0 atom stereocenters. The zero-order chi connectivity index (χ0) is 20.1.